The lowest BCUT2D eigenvalue weighted by atomic mass is 9.88. The van der Waals surface area contributed by atoms with Gasteiger partial charge in [-0.2, -0.15) is 15.0 Å². The van der Waals surface area contributed by atoms with Crippen LogP contribution in [0.4, 0.5) is 17.8 Å². The normalized spacial score (nSPS) is 13.1. The van der Waals surface area contributed by atoms with Crippen LogP contribution in [0, 0.1) is 0 Å². The predicted octanol–water partition coefficient (Wildman–Crippen LogP) is 5.67. The molecule has 4 aromatic carbocycles. The lowest BCUT2D eigenvalue weighted by Crippen LogP contribution is -2.38. The molecule has 0 spiro atoms. The molecular formula is C43H55N6O12P. The first kappa shape index (κ1) is 46.9. The number of aromatic nitrogens is 3. The van der Waals surface area contributed by atoms with Gasteiger partial charge < -0.3 is 68.1 Å². The Morgan fingerprint density at radius 3 is 1.39 bits per heavy atom. The molecule has 1 unspecified atom stereocenters. The molecule has 334 valence electrons. The third-order valence-corrected chi connectivity index (χ3v) is 10.0. The molecule has 0 saturated carbocycles. The van der Waals surface area contributed by atoms with Gasteiger partial charge in [0.15, 0.2) is 46.0 Å². The van der Waals surface area contributed by atoms with Crippen LogP contribution in [-0.4, -0.2) is 106 Å². The smallest absolute Gasteiger partial charge is 0.466 e. The molecule has 0 bridgehead atoms. The molecule has 1 aliphatic heterocycles. The molecule has 18 nitrogen and oxygen atoms in total. The van der Waals surface area contributed by atoms with E-state index >= 15 is 0 Å². The van der Waals surface area contributed by atoms with E-state index in [1.807, 2.05) is 48.5 Å². The molecule has 0 amide bonds. The van der Waals surface area contributed by atoms with Crippen LogP contribution in [0.15, 0.2) is 66.7 Å². The molecule has 0 radical (unpaired) electrons. The summed E-state index contributed by atoms with van der Waals surface area (Å²) in [4.78, 5) is 38.7. The van der Waals surface area contributed by atoms with Gasteiger partial charge in [-0.25, -0.2) is 4.57 Å². The fraction of sp³-hybridized carbons (Fsp3) is 0.372. The Morgan fingerprint density at radius 2 is 0.952 bits per heavy atom. The van der Waals surface area contributed by atoms with Crippen molar-refractivity contribution < 1.29 is 57.1 Å². The van der Waals surface area contributed by atoms with Gasteiger partial charge >= 0.3 is 7.82 Å². The molecule has 5 aromatic rings. The Bertz CT molecular complexity index is 2220. The third kappa shape index (κ3) is 12.4. The topological polar surface area (TPSA) is 218 Å². The number of nitrogens with one attached hydrogen (secondary N) is 2. The highest BCUT2D eigenvalue weighted by atomic mass is 31.2. The second-order valence-electron chi connectivity index (χ2n) is 13.8. The van der Waals surface area contributed by atoms with Crippen LogP contribution in [0.25, 0.3) is 0 Å². The molecule has 2 heterocycles. The van der Waals surface area contributed by atoms with Crippen LogP contribution in [0.2, 0.25) is 0 Å². The molecule has 0 aliphatic carbocycles. The van der Waals surface area contributed by atoms with Gasteiger partial charge in [0.1, 0.15) is 0 Å². The highest BCUT2D eigenvalue weighted by Crippen LogP contribution is 2.42. The maximum absolute atomic E-state index is 8.88. The van der Waals surface area contributed by atoms with E-state index in [1.165, 1.54) is 5.56 Å². The summed E-state index contributed by atoms with van der Waals surface area (Å²) in [6.07, 6.45) is 2.76. The van der Waals surface area contributed by atoms with Crippen molar-refractivity contribution >= 4 is 25.7 Å². The Balaban J connectivity index is 0.00000137. The number of anilines is 3. The molecule has 0 saturated heterocycles. The van der Waals surface area contributed by atoms with Crippen molar-refractivity contribution in [3.63, 3.8) is 0 Å². The van der Waals surface area contributed by atoms with Crippen molar-refractivity contribution in [2.45, 2.75) is 31.7 Å². The number of phosphoric acid groups is 1. The number of fused-ring (bicyclic) bond motifs is 1. The highest BCUT2D eigenvalue weighted by molar-refractivity contribution is 7.45. The van der Waals surface area contributed by atoms with Crippen molar-refractivity contribution in [3.05, 3.63) is 94.5 Å². The second-order valence-corrected chi connectivity index (χ2v) is 14.8. The molecule has 62 heavy (non-hydrogen) atoms. The molecule has 1 atom stereocenters. The Kier molecular flexibility index (Phi) is 16.7. The summed E-state index contributed by atoms with van der Waals surface area (Å²) in [5, 5.41) is 6.92. The number of methoxy groups -OCH3 is 8. The number of ether oxygens (including phenoxy) is 8. The minimum absolute atomic E-state index is 0.173. The summed E-state index contributed by atoms with van der Waals surface area (Å²) in [5.41, 5.74) is 5.48. The number of nitrogens with zero attached hydrogens (tertiary/aromatic N) is 4. The average molecular weight is 879 g/mol. The van der Waals surface area contributed by atoms with E-state index in [0.717, 1.165) is 28.7 Å². The lowest BCUT2D eigenvalue weighted by molar-refractivity contribution is 0.275. The minimum atomic E-state index is -4.64. The maximum atomic E-state index is 8.88. The van der Waals surface area contributed by atoms with E-state index in [-0.39, 0.29) is 6.04 Å². The maximum Gasteiger partial charge on any atom is 0.466 e. The average Bonchev–Trinajstić information content (AvgIpc) is 3.27. The zero-order chi connectivity index (χ0) is 44.8. The number of hydrogen-bond acceptors (Lipinski definition) is 15. The fourth-order valence-electron chi connectivity index (χ4n) is 7.08. The lowest BCUT2D eigenvalue weighted by Gasteiger charge is -2.38. The fourth-order valence-corrected chi connectivity index (χ4v) is 7.08. The molecule has 0 fully saturated rings. The van der Waals surface area contributed by atoms with Crippen LogP contribution < -0.4 is 53.4 Å². The third-order valence-electron chi connectivity index (χ3n) is 10.0. The second kappa shape index (κ2) is 22.1. The highest BCUT2D eigenvalue weighted by Gasteiger charge is 2.32. The number of benzene rings is 4. The molecule has 1 aliphatic rings. The molecule has 1 aromatic heterocycles. The van der Waals surface area contributed by atoms with E-state index < -0.39 is 7.82 Å². The molecule has 6 rings (SSSR count). The first-order valence-corrected chi connectivity index (χ1v) is 21.1. The van der Waals surface area contributed by atoms with Crippen LogP contribution in [-0.2, 0) is 30.2 Å². The zero-order valence-electron chi connectivity index (χ0n) is 36.1. The van der Waals surface area contributed by atoms with Gasteiger partial charge in [-0.15, -0.1) is 0 Å². The van der Waals surface area contributed by atoms with Gasteiger partial charge in [-0.05, 0) is 102 Å². The summed E-state index contributed by atoms with van der Waals surface area (Å²) in [5.74, 6) is 6.84. The summed E-state index contributed by atoms with van der Waals surface area (Å²) >= 11 is 0. The van der Waals surface area contributed by atoms with Crippen molar-refractivity contribution in [2.75, 3.05) is 92.0 Å². The standard InChI is InChI=1S/C43H52N6O8.H3O4P/c1-50-33-12-9-27(22-36(33)53-4)15-18-44-41-46-42(45-19-16-28-10-13-34(51-2)37(23-28)54-5)48-43(47-41)49-20-17-30-25-39(56-7)40(57-8)26-31(30)32(49)21-29-11-14-35(52-3)38(24-29)55-6;1-5(2,3)4/h9-14,22-26,32H,15-21H2,1-8H3,(H2,44,45,46,47,48);(H3,1,2,3,4). The first-order chi connectivity index (χ1) is 29.8. The van der Waals surface area contributed by atoms with Gasteiger partial charge in [-0.1, -0.05) is 18.2 Å². The predicted molar refractivity (Wildman–Crippen MR) is 234 cm³/mol. The van der Waals surface area contributed by atoms with Crippen LogP contribution in [0.3, 0.4) is 0 Å². The van der Waals surface area contributed by atoms with E-state index in [2.05, 4.69) is 33.7 Å². The first-order valence-electron chi connectivity index (χ1n) is 19.5. The van der Waals surface area contributed by atoms with E-state index in [1.54, 1.807) is 56.9 Å². The summed E-state index contributed by atoms with van der Waals surface area (Å²) in [6.45, 7) is 1.79. The van der Waals surface area contributed by atoms with Gasteiger partial charge in [-0.3, -0.25) is 0 Å². The SMILES string of the molecule is COc1ccc(CCNc2nc(NCCc3ccc(OC)c(OC)c3)nc(N3CCc4cc(OC)c(OC)cc4C3Cc3ccc(OC)c(OC)c3)n2)cc1OC.O=P(O)(O)O. The number of hydrogen-bond donors (Lipinski definition) is 5. The van der Waals surface area contributed by atoms with Crippen molar-refractivity contribution in [2.24, 2.45) is 0 Å². The zero-order valence-corrected chi connectivity index (χ0v) is 37.0. The van der Waals surface area contributed by atoms with Crippen molar-refractivity contribution in [3.8, 4) is 46.0 Å². The Labute approximate surface area is 361 Å². The van der Waals surface area contributed by atoms with Gasteiger partial charge in [0, 0.05) is 19.6 Å². The van der Waals surface area contributed by atoms with Gasteiger partial charge in [0.2, 0.25) is 17.8 Å². The van der Waals surface area contributed by atoms with Crippen LogP contribution >= 0.6 is 7.82 Å². The van der Waals surface area contributed by atoms with Crippen LogP contribution in [0.1, 0.15) is 33.9 Å². The van der Waals surface area contributed by atoms with E-state index in [9.17, 15) is 0 Å². The Morgan fingerprint density at radius 1 is 0.565 bits per heavy atom. The minimum Gasteiger partial charge on any atom is -0.493 e. The largest absolute Gasteiger partial charge is 0.493 e. The van der Waals surface area contributed by atoms with Crippen LogP contribution in [0.5, 0.6) is 46.0 Å². The molecule has 5 N–H and O–H groups in total. The van der Waals surface area contributed by atoms with E-state index in [0.29, 0.717) is 103 Å². The summed E-state index contributed by atoms with van der Waals surface area (Å²) in [7, 11) is 8.48. The van der Waals surface area contributed by atoms with Crippen molar-refractivity contribution in [1.29, 1.82) is 0 Å². The summed E-state index contributed by atoms with van der Waals surface area (Å²) in [6, 6.07) is 21.8. The summed E-state index contributed by atoms with van der Waals surface area (Å²) < 4.78 is 53.5. The van der Waals surface area contributed by atoms with Gasteiger partial charge in [0.25, 0.3) is 0 Å². The van der Waals surface area contributed by atoms with Gasteiger partial charge in [0.05, 0.1) is 62.9 Å². The molecular weight excluding hydrogens is 823 g/mol. The van der Waals surface area contributed by atoms with E-state index in [4.69, 9.17) is 72.1 Å². The quantitative estimate of drug-likeness (QED) is 0.0632. The van der Waals surface area contributed by atoms with Crippen molar-refractivity contribution in [1.82, 2.24) is 15.0 Å². The number of rotatable bonds is 19. The molecule has 19 heteroatoms. The Hall–Kier alpha value is -6.20. The monoisotopic (exact) mass is 878 g/mol.